The maximum atomic E-state index is 10.6. The Labute approximate surface area is 110 Å². The molecule has 0 aliphatic heterocycles. The maximum Gasteiger partial charge on any atom is 0.271 e. The van der Waals surface area contributed by atoms with Crippen LogP contribution in [0.1, 0.15) is 11.1 Å². The van der Waals surface area contributed by atoms with E-state index in [2.05, 4.69) is 0 Å². The number of alkyl halides is 3. The summed E-state index contributed by atoms with van der Waals surface area (Å²) in [6.45, 7) is 0. The summed E-state index contributed by atoms with van der Waals surface area (Å²) in [5, 5.41) is 19.2. The lowest BCUT2D eigenvalue weighted by atomic mass is 10.1. The van der Waals surface area contributed by atoms with Gasteiger partial charge in [-0.3, -0.25) is 10.1 Å². The van der Waals surface area contributed by atoms with Crippen LogP contribution in [0, 0.1) is 21.4 Å². The number of nitro benzene ring substituents is 1. The number of benzene rings is 1. The fraction of sp³-hybridized carbons (Fsp3) is 0.125. The second kappa shape index (κ2) is 4.64. The fourth-order valence-electron chi connectivity index (χ4n) is 1.00. The van der Waals surface area contributed by atoms with Crippen LogP contribution in [-0.4, -0.2) is 4.92 Å². The van der Waals surface area contributed by atoms with Crippen molar-refractivity contribution in [1.82, 2.24) is 0 Å². The van der Waals surface area contributed by atoms with E-state index in [0.717, 1.165) is 12.1 Å². The molecule has 0 bridgehead atoms. The molecule has 84 valence electrons. The van der Waals surface area contributed by atoms with E-state index in [1.54, 1.807) is 6.07 Å². The molecule has 0 heterocycles. The minimum absolute atomic E-state index is 0.0927. The van der Waals surface area contributed by atoms with Gasteiger partial charge in [0.2, 0.25) is 3.79 Å². The number of hydrogen-bond donors (Lipinski definition) is 0. The Morgan fingerprint density at radius 1 is 1.38 bits per heavy atom. The predicted octanol–water partition coefficient (Wildman–Crippen LogP) is 3.95. The molecule has 0 aliphatic rings. The minimum Gasteiger partial charge on any atom is -0.258 e. The van der Waals surface area contributed by atoms with Gasteiger partial charge in [0, 0.05) is 17.7 Å². The summed E-state index contributed by atoms with van der Waals surface area (Å²) in [4.78, 5) is 9.89. The van der Waals surface area contributed by atoms with Crippen molar-refractivity contribution in [3.8, 4) is 6.07 Å². The molecule has 8 heteroatoms. The van der Waals surface area contributed by atoms with Crippen LogP contribution in [0.15, 0.2) is 12.1 Å². The van der Waals surface area contributed by atoms with Gasteiger partial charge in [0.25, 0.3) is 5.69 Å². The monoisotopic (exact) mass is 298 g/mol. The molecule has 4 nitrogen and oxygen atoms in total. The van der Waals surface area contributed by atoms with Crippen molar-refractivity contribution in [3.05, 3.63) is 38.4 Å². The van der Waals surface area contributed by atoms with Crippen molar-refractivity contribution in [2.45, 2.75) is 3.79 Å². The van der Waals surface area contributed by atoms with Crippen molar-refractivity contribution < 1.29 is 4.92 Å². The van der Waals surface area contributed by atoms with Crippen molar-refractivity contribution in [1.29, 1.82) is 5.26 Å². The molecular formula is C8H2Cl4N2O2. The van der Waals surface area contributed by atoms with Gasteiger partial charge in [0.15, 0.2) is 0 Å². The molecule has 0 fully saturated rings. The highest BCUT2D eigenvalue weighted by Crippen LogP contribution is 2.44. The van der Waals surface area contributed by atoms with E-state index in [4.69, 9.17) is 51.7 Å². The number of nitrogens with zero attached hydrogens (tertiary/aromatic N) is 2. The first-order valence-corrected chi connectivity index (χ1v) is 5.23. The molecule has 0 amide bonds. The van der Waals surface area contributed by atoms with E-state index in [9.17, 15) is 10.1 Å². The standard InChI is InChI=1S/C8H2Cl4N2O2/c9-7-4(3-13)1-5(14(15)16)2-6(7)8(10,11)12/h1-2H. The smallest absolute Gasteiger partial charge is 0.258 e. The first kappa shape index (κ1) is 13.3. The normalized spacial score (nSPS) is 10.9. The predicted molar refractivity (Wildman–Crippen MR) is 62.1 cm³/mol. The molecule has 0 radical (unpaired) electrons. The van der Waals surface area contributed by atoms with Gasteiger partial charge in [-0.25, -0.2) is 0 Å². The quantitative estimate of drug-likeness (QED) is 0.448. The van der Waals surface area contributed by atoms with Gasteiger partial charge in [-0.2, -0.15) is 5.26 Å². The van der Waals surface area contributed by atoms with E-state index in [1.165, 1.54) is 0 Å². The number of rotatable bonds is 1. The van der Waals surface area contributed by atoms with Gasteiger partial charge in [-0.15, -0.1) is 0 Å². The van der Waals surface area contributed by atoms with Crippen LogP contribution < -0.4 is 0 Å². The molecule has 16 heavy (non-hydrogen) atoms. The number of nitro groups is 1. The molecule has 0 saturated carbocycles. The molecule has 0 atom stereocenters. The Morgan fingerprint density at radius 3 is 2.31 bits per heavy atom. The summed E-state index contributed by atoms with van der Waals surface area (Å²) in [6, 6.07) is 3.73. The van der Waals surface area contributed by atoms with Crippen molar-refractivity contribution in [3.63, 3.8) is 0 Å². The SMILES string of the molecule is N#Cc1cc([N+](=O)[O-])cc(C(Cl)(Cl)Cl)c1Cl. The number of halogens is 4. The van der Waals surface area contributed by atoms with Crippen LogP contribution >= 0.6 is 46.4 Å². The van der Waals surface area contributed by atoms with Crippen LogP contribution in [0.3, 0.4) is 0 Å². The first-order valence-electron chi connectivity index (χ1n) is 3.72. The Balaban J connectivity index is 3.56. The fourth-order valence-corrected chi connectivity index (χ4v) is 1.89. The van der Waals surface area contributed by atoms with Crippen molar-refractivity contribution in [2.75, 3.05) is 0 Å². The van der Waals surface area contributed by atoms with Gasteiger partial charge in [-0.1, -0.05) is 46.4 Å². The van der Waals surface area contributed by atoms with Crippen LogP contribution in [0.2, 0.25) is 5.02 Å². The zero-order chi connectivity index (χ0) is 12.5. The highest BCUT2D eigenvalue weighted by atomic mass is 35.6. The van der Waals surface area contributed by atoms with E-state index in [0.29, 0.717) is 0 Å². The second-order valence-electron chi connectivity index (χ2n) is 2.72. The van der Waals surface area contributed by atoms with E-state index >= 15 is 0 Å². The summed E-state index contributed by atoms with van der Waals surface area (Å²) in [5.74, 6) is 0. The molecule has 0 N–H and O–H groups in total. The Hall–Kier alpha value is -0.730. The highest BCUT2D eigenvalue weighted by Gasteiger charge is 2.30. The average Bonchev–Trinajstić information content (AvgIpc) is 2.15. The van der Waals surface area contributed by atoms with Crippen molar-refractivity contribution >= 4 is 52.1 Å². The van der Waals surface area contributed by atoms with E-state index in [-0.39, 0.29) is 21.8 Å². The lowest BCUT2D eigenvalue weighted by Gasteiger charge is -2.13. The summed E-state index contributed by atoms with van der Waals surface area (Å²) < 4.78 is -1.92. The lowest BCUT2D eigenvalue weighted by Crippen LogP contribution is -2.04. The summed E-state index contributed by atoms with van der Waals surface area (Å²) in [7, 11) is 0. The van der Waals surface area contributed by atoms with E-state index in [1.807, 2.05) is 0 Å². The molecular weight excluding hydrogens is 298 g/mol. The topological polar surface area (TPSA) is 66.9 Å². The minimum atomic E-state index is -1.92. The van der Waals surface area contributed by atoms with Gasteiger partial charge in [0.1, 0.15) is 6.07 Å². The summed E-state index contributed by atoms with van der Waals surface area (Å²) in [6.07, 6.45) is 0. The molecule has 0 saturated heterocycles. The third-order valence-electron chi connectivity index (χ3n) is 1.69. The molecule has 1 aromatic rings. The second-order valence-corrected chi connectivity index (χ2v) is 5.38. The Bertz CT molecular complexity index is 490. The Morgan fingerprint density at radius 2 is 1.94 bits per heavy atom. The van der Waals surface area contributed by atoms with Crippen LogP contribution in [0.4, 0.5) is 5.69 Å². The molecule has 1 rings (SSSR count). The van der Waals surface area contributed by atoms with Crippen LogP contribution in [0.5, 0.6) is 0 Å². The number of non-ortho nitro benzene ring substituents is 1. The molecule has 0 spiro atoms. The average molecular weight is 300 g/mol. The Kier molecular flexibility index (Phi) is 3.87. The third kappa shape index (κ3) is 2.69. The number of nitriles is 1. The van der Waals surface area contributed by atoms with E-state index < -0.39 is 8.72 Å². The molecule has 0 aromatic heterocycles. The van der Waals surface area contributed by atoms with Gasteiger partial charge in [-0.05, 0) is 0 Å². The van der Waals surface area contributed by atoms with Gasteiger partial charge < -0.3 is 0 Å². The van der Waals surface area contributed by atoms with Crippen LogP contribution in [0.25, 0.3) is 0 Å². The molecule has 0 aliphatic carbocycles. The van der Waals surface area contributed by atoms with Gasteiger partial charge in [0.05, 0.1) is 15.5 Å². The maximum absolute atomic E-state index is 10.6. The molecule has 1 aromatic carbocycles. The van der Waals surface area contributed by atoms with Crippen LogP contribution in [-0.2, 0) is 3.79 Å². The zero-order valence-corrected chi connectivity index (χ0v) is 10.4. The summed E-state index contributed by atoms with van der Waals surface area (Å²) >= 11 is 22.5. The first-order chi connectivity index (χ1) is 7.27. The highest BCUT2D eigenvalue weighted by molar-refractivity contribution is 6.67. The molecule has 0 unspecified atom stereocenters. The lowest BCUT2D eigenvalue weighted by molar-refractivity contribution is -0.384. The largest absolute Gasteiger partial charge is 0.271 e. The van der Waals surface area contributed by atoms with Gasteiger partial charge >= 0.3 is 0 Å². The number of hydrogen-bond acceptors (Lipinski definition) is 3. The summed E-state index contributed by atoms with van der Waals surface area (Å²) in [5.41, 5.74) is -0.565. The van der Waals surface area contributed by atoms with Crippen molar-refractivity contribution in [2.24, 2.45) is 0 Å². The third-order valence-corrected chi connectivity index (χ3v) is 2.71. The zero-order valence-electron chi connectivity index (χ0n) is 7.38.